The first-order chi connectivity index (χ1) is 39.0. The Labute approximate surface area is 488 Å². The van der Waals surface area contributed by atoms with E-state index in [1.165, 1.54) is 122 Å². The average molecular weight is 1100 g/mol. The molecule has 0 saturated heterocycles. The highest BCUT2D eigenvalue weighted by Gasteiger charge is 2.19. The molecule has 0 rings (SSSR count). The lowest BCUT2D eigenvalue weighted by Gasteiger charge is -2.18. The zero-order valence-electron chi connectivity index (χ0n) is 51.6. The molecule has 0 aromatic rings. The molecule has 0 bridgehead atoms. The Morgan fingerprint density at radius 3 is 0.835 bits per heavy atom. The number of esters is 3. The van der Waals surface area contributed by atoms with Gasteiger partial charge in [-0.3, -0.25) is 14.4 Å². The Kier molecular flexibility index (Phi) is 62.8. The molecule has 0 N–H and O–H groups in total. The number of allylic oxidation sites excluding steroid dienone is 20. The van der Waals surface area contributed by atoms with Gasteiger partial charge in [-0.25, -0.2) is 0 Å². The molecule has 6 heteroatoms. The van der Waals surface area contributed by atoms with Gasteiger partial charge < -0.3 is 14.2 Å². The topological polar surface area (TPSA) is 78.9 Å². The number of ether oxygens (including phenoxy) is 3. The molecule has 0 heterocycles. The number of hydrogen-bond acceptors (Lipinski definition) is 6. The first kappa shape index (κ1) is 74.8. The van der Waals surface area contributed by atoms with Gasteiger partial charge in [-0.15, -0.1) is 0 Å². The normalized spacial score (nSPS) is 12.9. The number of hydrogen-bond donors (Lipinski definition) is 0. The quantitative estimate of drug-likeness (QED) is 0.0261. The van der Waals surface area contributed by atoms with E-state index in [1.807, 2.05) is 0 Å². The van der Waals surface area contributed by atoms with Crippen molar-refractivity contribution in [2.45, 2.75) is 309 Å². The largest absolute Gasteiger partial charge is 0.462 e. The lowest BCUT2D eigenvalue weighted by atomic mass is 10.0. The third kappa shape index (κ3) is 64.5. The van der Waals surface area contributed by atoms with E-state index in [0.29, 0.717) is 19.3 Å². The molecule has 0 aliphatic rings. The highest BCUT2D eigenvalue weighted by molar-refractivity contribution is 5.71. The van der Waals surface area contributed by atoms with E-state index < -0.39 is 6.10 Å². The number of rotatable bonds is 59. The predicted octanol–water partition coefficient (Wildman–Crippen LogP) is 22.8. The van der Waals surface area contributed by atoms with Crippen molar-refractivity contribution in [3.63, 3.8) is 0 Å². The third-order valence-corrected chi connectivity index (χ3v) is 13.9. The van der Waals surface area contributed by atoms with Gasteiger partial charge in [0, 0.05) is 19.3 Å². The molecule has 6 nitrogen and oxygen atoms in total. The molecule has 0 saturated carbocycles. The lowest BCUT2D eigenvalue weighted by Crippen LogP contribution is -2.30. The minimum Gasteiger partial charge on any atom is -0.462 e. The van der Waals surface area contributed by atoms with Crippen molar-refractivity contribution in [2.24, 2.45) is 0 Å². The Morgan fingerprint density at radius 1 is 0.266 bits per heavy atom. The van der Waals surface area contributed by atoms with E-state index in [1.54, 1.807) is 0 Å². The van der Waals surface area contributed by atoms with Crippen molar-refractivity contribution < 1.29 is 28.6 Å². The number of unbranched alkanes of at least 4 members (excludes halogenated alkanes) is 28. The predicted molar refractivity (Wildman–Crippen MR) is 343 cm³/mol. The van der Waals surface area contributed by atoms with Crippen molar-refractivity contribution in [1.29, 1.82) is 0 Å². The van der Waals surface area contributed by atoms with Crippen molar-refractivity contribution in [1.82, 2.24) is 0 Å². The maximum Gasteiger partial charge on any atom is 0.306 e. The lowest BCUT2D eigenvalue weighted by molar-refractivity contribution is -0.167. The molecule has 0 fully saturated rings. The van der Waals surface area contributed by atoms with Gasteiger partial charge in [-0.2, -0.15) is 0 Å². The van der Waals surface area contributed by atoms with Crippen LogP contribution in [0.5, 0.6) is 0 Å². The van der Waals surface area contributed by atoms with Crippen LogP contribution in [0.3, 0.4) is 0 Å². The van der Waals surface area contributed by atoms with Crippen molar-refractivity contribution in [3.8, 4) is 0 Å². The fourth-order valence-electron chi connectivity index (χ4n) is 8.99. The first-order valence-electron chi connectivity index (χ1n) is 33.0. The zero-order valence-corrected chi connectivity index (χ0v) is 51.6. The van der Waals surface area contributed by atoms with Crippen LogP contribution in [0, 0.1) is 0 Å². The Bertz CT molecular complexity index is 1640. The maximum absolute atomic E-state index is 12.9. The molecule has 0 aliphatic carbocycles. The van der Waals surface area contributed by atoms with Gasteiger partial charge in [0.2, 0.25) is 0 Å². The number of carbonyl (C=O) groups excluding carboxylic acids is 3. The molecular weight excluding hydrogens is 973 g/mol. The van der Waals surface area contributed by atoms with Crippen molar-refractivity contribution in [2.75, 3.05) is 13.2 Å². The second-order valence-corrected chi connectivity index (χ2v) is 21.6. The highest BCUT2D eigenvalue weighted by atomic mass is 16.6. The van der Waals surface area contributed by atoms with E-state index in [0.717, 1.165) is 141 Å². The molecule has 0 aromatic carbocycles. The molecule has 0 aliphatic heterocycles. The second kappa shape index (κ2) is 66.3. The summed E-state index contributed by atoms with van der Waals surface area (Å²) in [5.74, 6) is -0.906. The fraction of sp³-hybridized carbons (Fsp3) is 0.685. The smallest absolute Gasteiger partial charge is 0.306 e. The van der Waals surface area contributed by atoms with E-state index in [2.05, 4.69) is 142 Å². The third-order valence-electron chi connectivity index (χ3n) is 13.9. The Hall–Kier alpha value is -4.19. The minimum atomic E-state index is -0.790. The van der Waals surface area contributed by atoms with Gasteiger partial charge in [0.25, 0.3) is 0 Å². The molecule has 79 heavy (non-hydrogen) atoms. The van der Waals surface area contributed by atoms with Gasteiger partial charge in [-0.1, -0.05) is 277 Å². The standard InChI is InChI=1S/C73H122O6/c1-4-7-10-13-16-19-22-25-26-27-28-29-30-31-32-33-34-35-36-37-38-39-40-41-42-43-44-45-46-49-51-54-57-60-63-66-72(75)78-69-70(79-73(76)67-64-61-58-55-52-48-24-21-18-15-12-9-6-3)68-77-71(74)65-62-59-56-53-50-47-23-20-17-14-11-8-5-2/h7,10,12,15-16,19-21,23-26,28-29,31-32,34-35,37-38,70H,4-6,8-9,11,13-14,17-18,22,27,30,33,36,39-69H2,1-3H3/b10-7-,15-12-,19-16-,23-20-,24-21-,26-25-,29-28-,32-31-,35-34-,38-37-. The molecule has 0 radical (unpaired) electrons. The molecule has 450 valence electrons. The van der Waals surface area contributed by atoms with Crippen molar-refractivity contribution >= 4 is 17.9 Å². The maximum atomic E-state index is 12.9. The molecule has 1 unspecified atom stereocenters. The molecular formula is C73H122O6. The molecule has 0 aromatic heterocycles. The van der Waals surface area contributed by atoms with Gasteiger partial charge in [0.1, 0.15) is 13.2 Å². The van der Waals surface area contributed by atoms with Crippen molar-refractivity contribution in [3.05, 3.63) is 122 Å². The monoisotopic (exact) mass is 1090 g/mol. The van der Waals surface area contributed by atoms with Crippen LogP contribution in [0.1, 0.15) is 303 Å². The van der Waals surface area contributed by atoms with Gasteiger partial charge >= 0.3 is 17.9 Å². The van der Waals surface area contributed by atoms with Crippen LogP contribution in [-0.4, -0.2) is 37.2 Å². The molecule has 1 atom stereocenters. The van der Waals surface area contributed by atoms with Crippen LogP contribution in [0.2, 0.25) is 0 Å². The van der Waals surface area contributed by atoms with Gasteiger partial charge in [0.15, 0.2) is 6.10 Å². The average Bonchev–Trinajstić information content (AvgIpc) is 3.45. The van der Waals surface area contributed by atoms with Gasteiger partial charge in [0.05, 0.1) is 0 Å². The van der Waals surface area contributed by atoms with Crippen LogP contribution in [0.4, 0.5) is 0 Å². The summed E-state index contributed by atoms with van der Waals surface area (Å²) in [4.78, 5) is 38.2. The zero-order chi connectivity index (χ0) is 57.1. The van der Waals surface area contributed by atoms with Gasteiger partial charge in [-0.05, 0) is 128 Å². The Morgan fingerprint density at radius 2 is 0.519 bits per heavy atom. The van der Waals surface area contributed by atoms with Crippen LogP contribution in [0.25, 0.3) is 0 Å². The summed E-state index contributed by atoms with van der Waals surface area (Å²) in [7, 11) is 0. The summed E-state index contributed by atoms with van der Waals surface area (Å²) >= 11 is 0. The SMILES string of the molecule is CC/C=C\C/C=C\C/C=C\C/C=C\C/C=C\C/C=C\C/C=C\CCCCCCCCCCCCCCCC(=O)OCC(COC(=O)CCCCCCC/C=C\CCCCCC)OC(=O)CCCCCCC/C=C\C/C=C\CCC. The number of carbonyl (C=O) groups is 3. The van der Waals surface area contributed by atoms with Crippen LogP contribution < -0.4 is 0 Å². The van der Waals surface area contributed by atoms with E-state index in [4.69, 9.17) is 14.2 Å². The van der Waals surface area contributed by atoms with Crippen LogP contribution in [-0.2, 0) is 28.6 Å². The minimum absolute atomic E-state index is 0.0867. The summed E-state index contributed by atoms with van der Waals surface area (Å²) in [6.45, 7) is 6.44. The van der Waals surface area contributed by atoms with E-state index in [-0.39, 0.29) is 31.1 Å². The van der Waals surface area contributed by atoms with Crippen LogP contribution >= 0.6 is 0 Å². The first-order valence-corrected chi connectivity index (χ1v) is 33.0. The Balaban J connectivity index is 4.16. The molecule has 0 spiro atoms. The summed E-state index contributed by atoms with van der Waals surface area (Å²) < 4.78 is 16.9. The fourth-order valence-corrected chi connectivity index (χ4v) is 8.99. The summed E-state index contributed by atoms with van der Waals surface area (Å²) in [6.07, 6.45) is 92.2. The van der Waals surface area contributed by atoms with E-state index in [9.17, 15) is 14.4 Å². The second-order valence-electron chi connectivity index (χ2n) is 21.6. The summed E-state index contributed by atoms with van der Waals surface area (Å²) in [5.41, 5.74) is 0. The molecule has 0 amide bonds. The van der Waals surface area contributed by atoms with Crippen LogP contribution in [0.15, 0.2) is 122 Å². The summed E-state index contributed by atoms with van der Waals surface area (Å²) in [6, 6.07) is 0. The summed E-state index contributed by atoms with van der Waals surface area (Å²) in [5, 5.41) is 0. The van der Waals surface area contributed by atoms with E-state index >= 15 is 0 Å². The highest BCUT2D eigenvalue weighted by Crippen LogP contribution is 2.16.